The largest absolute Gasteiger partial charge is 0.396 e. The molecule has 4 heteroatoms. The lowest BCUT2D eigenvalue weighted by molar-refractivity contribution is 0.289. The van der Waals surface area contributed by atoms with E-state index in [0.29, 0.717) is 5.25 Å². The van der Waals surface area contributed by atoms with Crippen LogP contribution in [0.4, 0.5) is 0 Å². The maximum absolute atomic E-state index is 8.78. The summed E-state index contributed by atoms with van der Waals surface area (Å²) >= 11 is 11.3. The third-order valence-corrected chi connectivity index (χ3v) is 4.20. The van der Waals surface area contributed by atoms with Crippen molar-refractivity contribution in [3.05, 3.63) is 33.3 Å². The van der Waals surface area contributed by atoms with Gasteiger partial charge in [0, 0.05) is 27.1 Å². The van der Waals surface area contributed by atoms with Gasteiger partial charge in [0.15, 0.2) is 0 Å². The molecule has 0 saturated carbocycles. The number of hydrogen-bond donors (Lipinski definition) is 1. The van der Waals surface area contributed by atoms with E-state index in [0.717, 1.165) is 27.2 Å². The highest BCUT2D eigenvalue weighted by molar-refractivity contribution is 9.10. The number of rotatable bonds is 5. The molecule has 0 aromatic heterocycles. The molecule has 1 atom stereocenters. The van der Waals surface area contributed by atoms with Gasteiger partial charge in [-0.3, -0.25) is 0 Å². The highest BCUT2D eigenvalue weighted by Gasteiger charge is 2.05. The van der Waals surface area contributed by atoms with Gasteiger partial charge in [-0.2, -0.15) is 11.8 Å². The Hall–Kier alpha value is 0.300. The number of halogens is 2. The van der Waals surface area contributed by atoms with E-state index in [4.69, 9.17) is 16.7 Å². The minimum Gasteiger partial charge on any atom is -0.396 e. The summed E-state index contributed by atoms with van der Waals surface area (Å²) in [4.78, 5) is 0. The van der Waals surface area contributed by atoms with Crippen LogP contribution in [-0.4, -0.2) is 17.0 Å². The molecule has 0 spiro atoms. The molecule has 15 heavy (non-hydrogen) atoms. The van der Waals surface area contributed by atoms with E-state index >= 15 is 0 Å². The van der Waals surface area contributed by atoms with Crippen LogP contribution in [0.25, 0.3) is 0 Å². The molecule has 0 bridgehead atoms. The normalized spacial score (nSPS) is 12.8. The second kappa shape index (κ2) is 6.79. The van der Waals surface area contributed by atoms with Gasteiger partial charge in [0.05, 0.1) is 0 Å². The minimum absolute atomic E-state index is 0.252. The van der Waals surface area contributed by atoms with Crippen molar-refractivity contribution < 1.29 is 5.11 Å². The van der Waals surface area contributed by atoms with Gasteiger partial charge in [0.1, 0.15) is 0 Å². The summed E-state index contributed by atoms with van der Waals surface area (Å²) in [5.74, 6) is 0.896. The summed E-state index contributed by atoms with van der Waals surface area (Å²) < 4.78 is 1.00. The number of aliphatic hydroxyl groups is 1. The maximum atomic E-state index is 8.78. The number of benzene rings is 1. The number of hydrogen-bond acceptors (Lipinski definition) is 2. The highest BCUT2D eigenvalue weighted by Crippen LogP contribution is 2.27. The monoisotopic (exact) mass is 308 g/mol. The molecular weight excluding hydrogens is 296 g/mol. The molecule has 1 rings (SSSR count). The van der Waals surface area contributed by atoms with Crippen LogP contribution in [-0.2, 0) is 5.75 Å². The fourth-order valence-electron chi connectivity index (χ4n) is 1.14. The predicted molar refractivity (Wildman–Crippen MR) is 71.6 cm³/mol. The third kappa shape index (κ3) is 4.77. The molecule has 0 saturated heterocycles. The van der Waals surface area contributed by atoms with Crippen LogP contribution in [0.2, 0.25) is 5.02 Å². The van der Waals surface area contributed by atoms with E-state index in [1.54, 1.807) is 0 Å². The zero-order valence-electron chi connectivity index (χ0n) is 8.54. The van der Waals surface area contributed by atoms with Crippen LogP contribution in [0.15, 0.2) is 22.7 Å². The van der Waals surface area contributed by atoms with E-state index in [2.05, 4.69) is 22.9 Å². The summed E-state index contributed by atoms with van der Waals surface area (Å²) in [6.07, 6.45) is 0.832. The first-order chi connectivity index (χ1) is 7.13. The molecule has 0 heterocycles. The fraction of sp³-hybridized carbons (Fsp3) is 0.455. The molecule has 0 fully saturated rings. The standard InChI is InChI=1S/C11H14BrClOS/c1-8(4-5-14)15-7-9-2-3-10(12)6-11(9)13/h2-3,6,8,14H,4-5,7H2,1H3. The molecule has 1 aromatic rings. The second-order valence-corrected chi connectivity index (χ2v) is 6.12. The lowest BCUT2D eigenvalue weighted by Gasteiger charge is -2.10. The quantitative estimate of drug-likeness (QED) is 0.883. The Bertz CT molecular complexity index is 319. The Kier molecular flexibility index (Phi) is 6.05. The lowest BCUT2D eigenvalue weighted by Crippen LogP contribution is -2.00. The van der Waals surface area contributed by atoms with E-state index in [1.807, 2.05) is 30.0 Å². The van der Waals surface area contributed by atoms with Crippen LogP contribution in [0.3, 0.4) is 0 Å². The van der Waals surface area contributed by atoms with E-state index in [9.17, 15) is 0 Å². The number of aliphatic hydroxyl groups excluding tert-OH is 1. The summed E-state index contributed by atoms with van der Waals surface area (Å²) in [6.45, 7) is 2.37. The predicted octanol–water partition coefficient (Wildman–Crippen LogP) is 4.11. The summed E-state index contributed by atoms with van der Waals surface area (Å²) in [5, 5.41) is 10.0. The summed E-state index contributed by atoms with van der Waals surface area (Å²) in [6, 6.07) is 5.94. The van der Waals surface area contributed by atoms with Gasteiger partial charge >= 0.3 is 0 Å². The maximum Gasteiger partial charge on any atom is 0.0457 e. The average Bonchev–Trinajstić information content (AvgIpc) is 2.17. The van der Waals surface area contributed by atoms with Crippen molar-refractivity contribution in [2.75, 3.05) is 6.61 Å². The fourth-order valence-corrected chi connectivity index (χ4v) is 2.94. The van der Waals surface area contributed by atoms with Crippen LogP contribution < -0.4 is 0 Å². The first-order valence-electron chi connectivity index (χ1n) is 4.80. The van der Waals surface area contributed by atoms with Crippen LogP contribution in [0.1, 0.15) is 18.9 Å². The van der Waals surface area contributed by atoms with Crippen LogP contribution in [0, 0.1) is 0 Å². The van der Waals surface area contributed by atoms with Gasteiger partial charge in [-0.1, -0.05) is 40.5 Å². The highest BCUT2D eigenvalue weighted by atomic mass is 79.9. The molecule has 0 aliphatic heterocycles. The summed E-state index contributed by atoms with van der Waals surface area (Å²) in [5.41, 5.74) is 1.15. The average molecular weight is 310 g/mol. The smallest absolute Gasteiger partial charge is 0.0457 e. The SMILES string of the molecule is CC(CCO)SCc1ccc(Br)cc1Cl. The van der Waals surface area contributed by atoms with Gasteiger partial charge < -0.3 is 5.11 Å². The number of thioether (sulfide) groups is 1. The van der Waals surface area contributed by atoms with Crippen molar-refractivity contribution in [3.8, 4) is 0 Å². The van der Waals surface area contributed by atoms with Crippen molar-refractivity contribution in [2.24, 2.45) is 0 Å². The Morgan fingerprint density at radius 3 is 2.87 bits per heavy atom. The van der Waals surface area contributed by atoms with Crippen molar-refractivity contribution in [2.45, 2.75) is 24.3 Å². The Morgan fingerprint density at radius 1 is 1.53 bits per heavy atom. The van der Waals surface area contributed by atoms with E-state index in [-0.39, 0.29) is 6.61 Å². The lowest BCUT2D eigenvalue weighted by atomic mass is 10.2. The molecule has 1 aromatic carbocycles. The first-order valence-corrected chi connectivity index (χ1v) is 7.02. The van der Waals surface area contributed by atoms with Crippen molar-refractivity contribution in [3.63, 3.8) is 0 Å². The zero-order chi connectivity index (χ0) is 11.3. The molecule has 0 aliphatic carbocycles. The Morgan fingerprint density at radius 2 is 2.27 bits per heavy atom. The zero-order valence-corrected chi connectivity index (χ0v) is 11.7. The van der Waals surface area contributed by atoms with Gasteiger partial charge in [-0.15, -0.1) is 0 Å². The van der Waals surface area contributed by atoms with E-state index in [1.165, 1.54) is 0 Å². The second-order valence-electron chi connectivity index (χ2n) is 3.37. The molecular formula is C11H14BrClOS. The van der Waals surface area contributed by atoms with Crippen molar-refractivity contribution in [1.82, 2.24) is 0 Å². The van der Waals surface area contributed by atoms with Crippen LogP contribution in [0.5, 0.6) is 0 Å². The molecule has 1 unspecified atom stereocenters. The van der Waals surface area contributed by atoms with Gasteiger partial charge in [-0.05, 0) is 24.1 Å². The van der Waals surface area contributed by atoms with Gasteiger partial charge in [-0.25, -0.2) is 0 Å². The molecule has 0 aliphatic rings. The molecule has 0 radical (unpaired) electrons. The minimum atomic E-state index is 0.252. The van der Waals surface area contributed by atoms with E-state index < -0.39 is 0 Å². The molecule has 1 N–H and O–H groups in total. The summed E-state index contributed by atoms with van der Waals surface area (Å²) in [7, 11) is 0. The van der Waals surface area contributed by atoms with Crippen molar-refractivity contribution in [1.29, 1.82) is 0 Å². The van der Waals surface area contributed by atoms with Gasteiger partial charge in [0.2, 0.25) is 0 Å². The van der Waals surface area contributed by atoms with Crippen LogP contribution >= 0.6 is 39.3 Å². The third-order valence-electron chi connectivity index (χ3n) is 2.07. The molecule has 84 valence electrons. The van der Waals surface area contributed by atoms with Crippen molar-refractivity contribution >= 4 is 39.3 Å². The Balaban J connectivity index is 2.50. The van der Waals surface area contributed by atoms with Gasteiger partial charge in [0.25, 0.3) is 0 Å². The topological polar surface area (TPSA) is 20.2 Å². The first kappa shape index (κ1) is 13.4. The molecule has 1 nitrogen and oxygen atoms in total. The Labute approximate surface area is 108 Å². The molecule has 0 amide bonds.